The van der Waals surface area contributed by atoms with Crippen LogP contribution in [-0.2, 0) is 4.79 Å². The molecule has 0 saturated heterocycles. The SMILES string of the molecule is CC(C)NCC(=O)Nc1cc(Cl)cc(Cl)c1. The van der Waals surface area contributed by atoms with Gasteiger partial charge in [0, 0.05) is 21.8 Å². The summed E-state index contributed by atoms with van der Waals surface area (Å²) in [5.74, 6) is -0.118. The Hall–Kier alpha value is -0.770. The predicted molar refractivity (Wildman–Crippen MR) is 68.2 cm³/mol. The van der Waals surface area contributed by atoms with E-state index in [4.69, 9.17) is 23.2 Å². The molecule has 1 aromatic rings. The lowest BCUT2D eigenvalue weighted by Crippen LogP contribution is -2.32. The topological polar surface area (TPSA) is 41.1 Å². The second-order valence-electron chi connectivity index (χ2n) is 3.74. The zero-order valence-electron chi connectivity index (χ0n) is 9.18. The summed E-state index contributed by atoms with van der Waals surface area (Å²) in [6.07, 6.45) is 0. The van der Waals surface area contributed by atoms with Crippen LogP contribution in [0.1, 0.15) is 13.8 Å². The van der Waals surface area contributed by atoms with E-state index in [0.29, 0.717) is 15.7 Å². The molecule has 0 heterocycles. The predicted octanol–water partition coefficient (Wildman–Crippen LogP) is 2.93. The van der Waals surface area contributed by atoms with Gasteiger partial charge in [-0.25, -0.2) is 0 Å². The number of carbonyl (C=O) groups excluding carboxylic acids is 1. The summed E-state index contributed by atoms with van der Waals surface area (Å²) in [6.45, 7) is 4.22. The van der Waals surface area contributed by atoms with Gasteiger partial charge in [-0.3, -0.25) is 4.79 Å². The molecule has 3 nitrogen and oxygen atoms in total. The third-order valence-electron chi connectivity index (χ3n) is 1.82. The molecule has 0 aromatic heterocycles. The summed E-state index contributed by atoms with van der Waals surface area (Å²) < 4.78 is 0. The Bertz CT molecular complexity index is 360. The molecule has 16 heavy (non-hydrogen) atoms. The van der Waals surface area contributed by atoms with Gasteiger partial charge < -0.3 is 10.6 Å². The number of carbonyl (C=O) groups is 1. The van der Waals surface area contributed by atoms with Crippen molar-refractivity contribution in [2.24, 2.45) is 0 Å². The van der Waals surface area contributed by atoms with Crippen LogP contribution in [-0.4, -0.2) is 18.5 Å². The van der Waals surface area contributed by atoms with Crippen LogP contribution >= 0.6 is 23.2 Å². The molecule has 0 atom stereocenters. The van der Waals surface area contributed by atoms with E-state index >= 15 is 0 Å². The van der Waals surface area contributed by atoms with Gasteiger partial charge in [-0.2, -0.15) is 0 Å². The van der Waals surface area contributed by atoms with E-state index < -0.39 is 0 Å². The first-order valence-electron chi connectivity index (χ1n) is 4.96. The van der Waals surface area contributed by atoms with Gasteiger partial charge in [0.25, 0.3) is 0 Å². The second kappa shape index (κ2) is 6.09. The molecule has 1 amide bonds. The number of anilines is 1. The van der Waals surface area contributed by atoms with E-state index in [-0.39, 0.29) is 18.5 Å². The molecular formula is C11H14Cl2N2O. The van der Waals surface area contributed by atoms with Crippen LogP contribution < -0.4 is 10.6 Å². The zero-order chi connectivity index (χ0) is 12.1. The van der Waals surface area contributed by atoms with Gasteiger partial charge in [-0.05, 0) is 18.2 Å². The maximum atomic E-state index is 11.5. The summed E-state index contributed by atoms with van der Waals surface area (Å²) in [4.78, 5) is 11.5. The lowest BCUT2D eigenvalue weighted by Gasteiger charge is -2.09. The maximum Gasteiger partial charge on any atom is 0.238 e. The van der Waals surface area contributed by atoms with Gasteiger partial charge in [0.05, 0.1) is 6.54 Å². The molecular weight excluding hydrogens is 247 g/mol. The zero-order valence-corrected chi connectivity index (χ0v) is 10.7. The van der Waals surface area contributed by atoms with E-state index in [0.717, 1.165) is 0 Å². The molecule has 0 unspecified atom stereocenters. The van der Waals surface area contributed by atoms with Crippen molar-refractivity contribution in [2.75, 3.05) is 11.9 Å². The average Bonchev–Trinajstić information content (AvgIpc) is 2.12. The minimum absolute atomic E-state index is 0.118. The molecule has 0 aliphatic carbocycles. The third kappa shape index (κ3) is 4.84. The molecule has 0 aliphatic rings. The van der Waals surface area contributed by atoms with Crippen LogP contribution in [0.2, 0.25) is 10.0 Å². The van der Waals surface area contributed by atoms with Crippen LogP contribution in [0, 0.1) is 0 Å². The first-order valence-corrected chi connectivity index (χ1v) is 5.72. The van der Waals surface area contributed by atoms with Crippen LogP contribution in [0.4, 0.5) is 5.69 Å². The van der Waals surface area contributed by atoms with Gasteiger partial charge in [-0.15, -0.1) is 0 Å². The molecule has 0 radical (unpaired) electrons. The van der Waals surface area contributed by atoms with Crippen molar-refractivity contribution in [3.8, 4) is 0 Å². The van der Waals surface area contributed by atoms with Gasteiger partial charge in [-0.1, -0.05) is 37.0 Å². The second-order valence-corrected chi connectivity index (χ2v) is 4.61. The highest BCUT2D eigenvalue weighted by Crippen LogP contribution is 2.22. The van der Waals surface area contributed by atoms with Gasteiger partial charge >= 0.3 is 0 Å². The van der Waals surface area contributed by atoms with Crippen LogP contribution in [0.5, 0.6) is 0 Å². The van der Waals surface area contributed by atoms with E-state index in [1.807, 2.05) is 13.8 Å². The van der Waals surface area contributed by atoms with E-state index in [9.17, 15) is 4.79 Å². The first kappa shape index (κ1) is 13.3. The monoisotopic (exact) mass is 260 g/mol. The molecule has 0 saturated carbocycles. The molecule has 1 aromatic carbocycles. The fourth-order valence-corrected chi connectivity index (χ4v) is 1.65. The molecule has 1 rings (SSSR count). The number of hydrogen-bond donors (Lipinski definition) is 2. The Morgan fingerprint density at radius 3 is 2.31 bits per heavy atom. The number of rotatable bonds is 4. The van der Waals surface area contributed by atoms with Crippen molar-refractivity contribution in [3.05, 3.63) is 28.2 Å². The maximum absolute atomic E-state index is 11.5. The number of amides is 1. The molecule has 0 fully saturated rings. The summed E-state index contributed by atoms with van der Waals surface area (Å²) in [5, 5.41) is 6.72. The highest BCUT2D eigenvalue weighted by Gasteiger charge is 2.04. The van der Waals surface area contributed by atoms with E-state index in [1.54, 1.807) is 18.2 Å². The standard InChI is InChI=1S/C11H14Cl2N2O/c1-7(2)14-6-11(16)15-10-4-8(12)3-9(13)5-10/h3-5,7,14H,6H2,1-2H3,(H,15,16). The van der Waals surface area contributed by atoms with Gasteiger partial charge in [0.1, 0.15) is 0 Å². The lowest BCUT2D eigenvalue weighted by molar-refractivity contribution is -0.115. The van der Waals surface area contributed by atoms with Crippen molar-refractivity contribution in [1.82, 2.24) is 5.32 Å². The fraction of sp³-hybridized carbons (Fsp3) is 0.364. The lowest BCUT2D eigenvalue weighted by atomic mass is 10.3. The molecule has 2 N–H and O–H groups in total. The van der Waals surface area contributed by atoms with Crippen LogP contribution in [0.25, 0.3) is 0 Å². The number of hydrogen-bond acceptors (Lipinski definition) is 2. The van der Waals surface area contributed by atoms with Crippen molar-refractivity contribution in [2.45, 2.75) is 19.9 Å². The third-order valence-corrected chi connectivity index (χ3v) is 2.25. The van der Waals surface area contributed by atoms with Crippen LogP contribution in [0.15, 0.2) is 18.2 Å². The Labute approximate surface area is 105 Å². The average molecular weight is 261 g/mol. The molecule has 88 valence electrons. The van der Waals surface area contributed by atoms with Crippen molar-refractivity contribution in [3.63, 3.8) is 0 Å². The number of halogens is 2. The summed E-state index contributed by atoms with van der Waals surface area (Å²) in [7, 11) is 0. The van der Waals surface area contributed by atoms with Crippen molar-refractivity contribution >= 4 is 34.8 Å². The number of benzene rings is 1. The van der Waals surface area contributed by atoms with Crippen molar-refractivity contribution < 1.29 is 4.79 Å². The Kier molecular flexibility index (Phi) is 5.06. The minimum Gasteiger partial charge on any atom is -0.325 e. The fourth-order valence-electron chi connectivity index (χ4n) is 1.13. The van der Waals surface area contributed by atoms with Gasteiger partial charge in [0.15, 0.2) is 0 Å². The van der Waals surface area contributed by atoms with Crippen molar-refractivity contribution in [1.29, 1.82) is 0 Å². The Morgan fingerprint density at radius 2 is 1.81 bits per heavy atom. The van der Waals surface area contributed by atoms with Gasteiger partial charge in [0.2, 0.25) is 5.91 Å². The summed E-state index contributed by atoms with van der Waals surface area (Å²) in [6, 6.07) is 5.20. The number of nitrogens with one attached hydrogen (secondary N) is 2. The molecule has 0 spiro atoms. The summed E-state index contributed by atoms with van der Waals surface area (Å²) >= 11 is 11.6. The quantitative estimate of drug-likeness (QED) is 0.874. The first-order chi connectivity index (χ1) is 7.47. The Morgan fingerprint density at radius 1 is 1.25 bits per heavy atom. The normalized spacial score (nSPS) is 10.6. The largest absolute Gasteiger partial charge is 0.325 e. The van der Waals surface area contributed by atoms with E-state index in [1.165, 1.54) is 0 Å². The molecule has 0 aliphatic heterocycles. The van der Waals surface area contributed by atoms with E-state index in [2.05, 4.69) is 10.6 Å². The molecule has 0 bridgehead atoms. The summed E-state index contributed by atoms with van der Waals surface area (Å²) in [5.41, 5.74) is 0.605. The van der Waals surface area contributed by atoms with Crippen LogP contribution in [0.3, 0.4) is 0 Å². The highest BCUT2D eigenvalue weighted by atomic mass is 35.5. The Balaban J connectivity index is 2.56. The highest BCUT2D eigenvalue weighted by molar-refractivity contribution is 6.35. The minimum atomic E-state index is -0.118. The molecule has 5 heteroatoms. The smallest absolute Gasteiger partial charge is 0.238 e.